The van der Waals surface area contributed by atoms with Gasteiger partial charge in [-0.3, -0.25) is 0 Å². The van der Waals surface area contributed by atoms with Gasteiger partial charge in [0.15, 0.2) is 0 Å². The zero-order chi connectivity index (χ0) is 16.8. The number of nitrogens with one attached hydrogen (secondary N) is 2. The highest BCUT2D eigenvalue weighted by Crippen LogP contribution is 2.31. The minimum atomic E-state index is -0.447. The monoisotopic (exact) mass is 313 g/mol. The first kappa shape index (κ1) is 19.2. The van der Waals surface area contributed by atoms with Crippen LogP contribution in [-0.4, -0.2) is 55.4 Å². The Morgan fingerprint density at radius 3 is 2.32 bits per heavy atom. The highest BCUT2D eigenvalue weighted by molar-refractivity contribution is 5.67. The van der Waals surface area contributed by atoms with E-state index < -0.39 is 5.60 Å². The molecule has 5 nitrogen and oxygen atoms in total. The number of amides is 1. The predicted molar refractivity (Wildman–Crippen MR) is 91.2 cm³/mol. The Morgan fingerprint density at radius 2 is 1.82 bits per heavy atom. The molecule has 0 aromatic carbocycles. The van der Waals surface area contributed by atoms with Crippen LogP contribution in [0.2, 0.25) is 0 Å². The molecule has 0 bridgehead atoms. The van der Waals surface area contributed by atoms with Crippen molar-refractivity contribution in [2.24, 2.45) is 0 Å². The van der Waals surface area contributed by atoms with Crippen molar-refractivity contribution in [2.45, 2.75) is 77.0 Å². The summed E-state index contributed by atoms with van der Waals surface area (Å²) in [6.45, 7) is 9.27. The third-order valence-electron chi connectivity index (χ3n) is 4.46. The van der Waals surface area contributed by atoms with E-state index >= 15 is 0 Å². The molecule has 0 aliphatic heterocycles. The number of rotatable bonds is 6. The molecule has 0 radical (unpaired) electrons. The van der Waals surface area contributed by atoms with Gasteiger partial charge < -0.3 is 20.3 Å². The van der Waals surface area contributed by atoms with Gasteiger partial charge >= 0.3 is 6.09 Å². The van der Waals surface area contributed by atoms with Gasteiger partial charge in [-0.15, -0.1) is 0 Å². The molecule has 1 saturated carbocycles. The van der Waals surface area contributed by atoms with E-state index in [-0.39, 0.29) is 17.7 Å². The minimum absolute atomic E-state index is 0.228. The Hall–Kier alpha value is -0.810. The van der Waals surface area contributed by atoms with Crippen LogP contribution < -0.4 is 10.6 Å². The maximum Gasteiger partial charge on any atom is 0.407 e. The summed E-state index contributed by atoms with van der Waals surface area (Å²) in [6, 6.07) is 0.228. The largest absolute Gasteiger partial charge is 0.444 e. The lowest BCUT2D eigenvalue weighted by atomic mass is 9.80. The Balaban J connectivity index is 2.35. The lowest BCUT2D eigenvalue weighted by molar-refractivity contribution is 0.0520. The molecule has 1 atom stereocenters. The molecule has 5 heteroatoms. The number of hydrogen-bond acceptors (Lipinski definition) is 4. The lowest BCUT2D eigenvalue weighted by Gasteiger charge is -2.44. The van der Waals surface area contributed by atoms with E-state index in [1.165, 1.54) is 32.1 Å². The maximum atomic E-state index is 11.7. The molecule has 1 aliphatic rings. The summed E-state index contributed by atoms with van der Waals surface area (Å²) in [5.41, 5.74) is -0.184. The Labute approximate surface area is 136 Å². The zero-order valence-electron chi connectivity index (χ0n) is 15.3. The molecule has 1 rings (SSSR count). The van der Waals surface area contributed by atoms with Gasteiger partial charge in [0.25, 0.3) is 0 Å². The Kier molecular flexibility index (Phi) is 7.13. The van der Waals surface area contributed by atoms with E-state index in [1.54, 1.807) is 0 Å². The number of carbonyl (C=O) groups is 1. The van der Waals surface area contributed by atoms with Crippen LogP contribution in [0.1, 0.15) is 59.8 Å². The fraction of sp³-hybridized carbons (Fsp3) is 0.941. The fourth-order valence-electron chi connectivity index (χ4n) is 2.98. The van der Waals surface area contributed by atoms with Crippen molar-refractivity contribution < 1.29 is 9.53 Å². The normalized spacial score (nSPS) is 19.8. The van der Waals surface area contributed by atoms with Gasteiger partial charge in [-0.05, 0) is 54.6 Å². The molecule has 0 spiro atoms. The summed E-state index contributed by atoms with van der Waals surface area (Å²) in [7, 11) is 4.35. The second-order valence-corrected chi connectivity index (χ2v) is 7.84. The zero-order valence-corrected chi connectivity index (χ0v) is 15.3. The molecular weight excluding hydrogens is 278 g/mol. The first-order valence-electron chi connectivity index (χ1n) is 8.52. The van der Waals surface area contributed by atoms with Crippen molar-refractivity contribution in [3.05, 3.63) is 0 Å². The molecule has 0 saturated heterocycles. The molecule has 130 valence electrons. The van der Waals surface area contributed by atoms with Gasteiger partial charge in [0.1, 0.15) is 5.60 Å². The SMILES string of the molecule is CC(CNC(=O)OC(C)(C)C)NCC1(N(C)C)CCCCC1. The summed E-state index contributed by atoms with van der Waals surface area (Å²) in [5.74, 6) is 0. The number of alkyl carbamates (subject to hydrolysis) is 1. The standard InChI is InChI=1S/C17H35N3O2/c1-14(12-18-15(21)22-16(2,3)4)19-13-17(20(5)6)10-8-7-9-11-17/h14,19H,7-13H2,1-6H3,(H,18,21). The molecule has 1 amide bonds. The summed E-state index contributed by atoms with van der Waals surface area (Å²) in [4.78, 5) is 14.0. The average molecular weight is 313 g/mol. The van der Waals surface area contributed by atoms with Crippen LogP contribution in [0.4, 0.5) is 4.79 Å². The van der Waals surface area contributed by atoms with Crippen LogP contribution >= 0.6 is 0 Å². The van der Waals surface area contributed by atoms with Crippen molar-refractivity contribution in [3.63, 3.8) is 0 Å². The predicted octanol–water partition coefficient (Wildman–Crippen LogP) is 2.75. The summed E-state index contributed by atoms with van der Waals surface area (Å²) >= 11 is 0. The smallest absolute Gasteiger partial charge is 0.407 e. The molecule has 1 unspecified atom stereocenters. The quantitative estimate of drug-likeness (QED) is 0.792. The number of likely N-dealkylation sites (N-methyl/N-ethyl adjacent to an activating group) is 1. The van der Waals surface area contributed by atoms with Crippen molar-refractivity contribution in [1.82, 2.24) is 15.5 Å². The third-order valence-corrected chi connectivity index (χ3v) is 4.46. The van der Waals surface area contributed by atoms with E-state index in [0.717, 1.165) is 6.54 Å². The topological polar surface area (TPSA) is 53.6 Å². The first-order chi connectivity index (χ1) is 10.1. The second-order valence-electron chi connectivity index (χ2n) is 7.84. The van der Waals surface area contributed by atoms with E-state index in [2.05, 4.69) is 36.6 Å². The van der Waals surface area contributed by atoms with Gasteiger partial charge in [0, 0.05) is 24.7 Å². The summed E-state index contributed by atoms with van der Waals surface area (Å²) in [5, 5.41) is 6.41. The van der Waals surface area contributed by atoms with Crippen molar-refractivity contribution in [1.29, 1.82) is 0 Å². The van der Waals surface area contributed by atoms with Gasteiger partial charge in [-0.1, -0.05) is 19.3 Å². The second kappa shape index (κ2) is 8.16. The minimum Gasteiger partial charge on any atom is -0.444 e. The highest BCUT2D eigenvalue weighted by atomic mass is 16.6. The number of nitrogens with zero attached hydrogens (tertiary/aromatic N) is 1. The molecule has 0 aromatic rings. The van der Waals surface area contributed by atoms with Crippen LogP contribution in [0.25, 0.3) is 0 Å². The molecule has 22 heavy (non-hydrogen) atoms. The van der Waals surface area contributed by atoms with E-state index in [9.17, 15) is 4.79 Å². The van der Waals surface area contributed by atoms with E-state index in [0.29, 0.717) is 6.54 Å². The van der Waals surface area contributed by atoms with Gasteiger partial charge in [-0.25, -0.2) is 4.79 Å². The number of carbonyl (C=O) groups excluding carboxylic acids is 1. The number of ether oxygens (including phenoxy) is 1. The van der Waals surface area contributed by atoms with Crippen LogP contribution in [0.5, 0.6) is 0 Å². The van der Waals surface area contributed by atoms with Crippen molar-refractivity contribution in [2.75, 3.05) is 27.2 Å². The molecule has 0 heterocycles. The summed E-state index contributed by atoms with van der Waals surface area (Å²) < 4.78 is 5.25. The van der Waals surface area contributed by atoms with E-state index in [4.69, 9.17) is 4.74 Å². The van der Waals surface area contributed by atoms with Gasteiger partial charge in [0.2, 0.25) is 0 Å². The third kappa shape index (κ3) is 6.53. The Morgan fingerprint density at radius 1 is 1.23 bits per heavy atom. The molecule has 2 N–H and O–H groups in total. The summed E-state index contributed by atoms with van der Waals surface area (Å²) in [6.07, 6.45) is 6.12. The van der Waals surface area contributed by atoms with Crippen molar-refractivity contribution in [3.8, 4) is 0 Å². The molecule has 1 aliphatic carbocycles. The van der Waals surface area contributed by atoms with Crippen molar-refractivity contribution >= 4 is 6.09 Å². The van der Waals surface area contributed by atoms with Crippen LogP contribution in [0.3, 0.4) is 0 Å². The van der Waals surface area contributed by atoms with E-state index in [1.807, 2.05) is 20.8 Å². The first-order valence-corrected chi connectivity index (χ1v) is 8.52. The fourth-order valence-corrected chi connectivity index (χ4v) is 2.98. The Bertz CT molecular complexity index is 344. The van der Waals surface area contributed by atoms with Gasteiger partial charge in [-0.2, -0.15) is 0 Å². The van der Waals surface area contributed by atoms with Crippen LogP contribution in [-0.2, 0) is 4.74 Å². The molecular formula is C17H35N3O2. The maximum absolute atomic E-state index is 11.7. The van der Waals surface area contributed by atoms with Crippen LogP contribution in [0.15, 0.2) is 0 Å². The lowest BCUT2D eigenvalue weighted by Crippen LogP contribution is -2.55. The molecule has 0 aromatic heterocycles. The van der Waals surface area contributed by atoms with Crippen LogP contribution in [0, 0.1) is 0 Å². The average Bonchev–Trinajstić information content (AvgIpc) is 2.42. The number of hydrogen-bond donors (Lipinski definition) is 2. The van der Waals surface area contributed by atoms with Gasteiger partial charge in [0.05, 0.1) is 0 Å². The molecule has 1 fully saturated rings. The highest BCUT2D eigenvalue weighted by Gasteiger charge is 2.34.